The van der Waals surface area contributed by atoms with Gasteiger partial charge in [-0.1, -0.05) is 30.3 Å². The summed E-state index contributed by atoms with van der Waals surface area (Å²) < 4.78 is 33.0. The van der Waals surface area contributed by atoms with Crippen LogP contribution >= 0.6 is 0 Å². The van der Waals surface area contributed by atoms with Crippen molar-refractivity contribution in [2.45, 2.75) is 19.4 Å². The molecular formula is C23H26F2N4O3. The minimum absolute atomic E-state index is 0.209. The molecule has 0 saturated carbocycles. The van der Waals surface area contributed by atoms with Gasteiger partial charge in [-0.05, 0) is 30.7 Å². The van der Waals surface area contributed by atoms with Gasteiger partial charge >= 0.3 is 6.03 Å². The number of carbonyl (C=O) groups excluding carboxylic acids is 2. The highest BCUT2D eigenvalue weighted by Crippen LogP contribution is 2.34. The summed E-state index contributed by atoms with van der Waals surface area (Å²) in [4.78, 5) is 26.9. The number of carbonyl (C=O) groups is 2. The maximum absolute atomic E-state index is 14.6. The molecule has 0 spiro atoms. The summed E-state index contributed by atoms with van der Waals surface area (Å²) in [7, 11) is 1.51. The Morgan fingerprint density at radius 2 is 1.91 bits per heavy atom. The number of hydrazone groups is 1. The molecule has 0 saturated heterocycles. The van der Waals surface area contributed by atoms with Crippen molar-refractivity contribution in [3.05, 3.63) is 71.3 Å². The smallest absolute Gasteiger partial charge is 0.317 e. The number of nitrogens with zero attached hydrogens (tertiary/aromatic N) is 3. The lowest BCUT2D eigenvalue weighted by Gasteiger charge is -2.27. The zero-order chi connectivity index (χ0) is 23.1. The maximum Gasteiger partial charge on any atom is 0.317 e. The number of hydrogen-bond acceptors (Lipinski definition) is 4. The number of ether oxygens (including phenoxy) is 1. The standard InChI is InChI=1S/C23H26F2N4O3/c1-3-26-23(31)28(12-13-32-2)15-22(30)29-21(18-6-4-5-7-19(18)25)14-20(27-29)16-8-10-17(24)11-9-16/h4-11,21H,3,12-15H2,1-2H3,(H,26,31)/t21-/m0/s1. The van der Waals surface area contributed by atoms with Crippen molar-refractivity contribution < 1.29 is 23.1 Å². The summed E-state index contributed by atoms with van der Waals surface area (Å²) in [5.74, 6) is -1.30. The third-order valence-electron chi connectivity index (χ3n) is 5.11. The number of hydrogen-bond donors (Lipinski definition) is 1. The van der Waals surface area contributed by atoms with Gasteiger partial charge in [-0.3, -0.25) is 4.79 Å². The molecule has 0 fully saturated rings. The maximum atomic E-state index is 14.6. The molecule has 170 valence electrons. The van der Waals surface area contributed by atoms with Crippen LogP contribution in [0.3, 0.4) is 0 Å². The minimum atomic E-state index is -0.678. The van der Waals surface area contributed by atoms with Crippen molar-refractivity contribution >= 4 is 17.6 Å². The van der Waals surface area contributed by atoms with Crippen LogP contribution in [0.25, 0.3) is 0 Å². The molecule has 1 aliphatic rings. The first-order valence-electron chi connectivity index (χ1n) is 10.4. The fraction of sp³-hybridized carbons (Fsp3) is 0.348. The summed E-state index contributed by atoms with van der Waals surface area (Å²) in [6.07, 6.45) is 0.261. The molecule has 1 heterocycles. The summed E-state index contributed by atoms with van der Waals surface area (Å²) in [6.45, 7) is 2.40. The summed E-state index contributed by atoms with van der Waals surface area (Å²) in [6, 6.07) is 10.9. The van der Waals surface area contributed by atoms with Crippen LogP contribution in [0.5, 0.6) is 0 Å². The molecule has 2 aromatic rings. The highest BCUT2D eigenvalue weighted by Gasteiger charge is 2.35. The summed E-state index contributed by atoms with van der Waals surface area (Å²) in [5, 5.41) is 8.34. The van der Waals surface area contributed by atoms with Crippen molar-refractivity contribution in [3.63, 3.8) is 0 Å². The quantitative estimate of drug-likeness (QED) is 0.679. The molecule has 2 aromatic carbocycles. The first kappa shape index (κ1) is 23.3. The lowest BCUT2D eigenvalue weighted by atomic mass is 9.98. The van der Waals surface area contributed by atoms with Crippen molar-refractivity contribution in [3.8, 4) is 0 Å². The third kappa shape index (κ3) is 5.47. The van der Waals surface area contributed by atoms with E-state index in [1.54, 1.807) is 37.3 Å². The molecule has 0 aromatic heterocycles. The predicted octanol–water partition coefficient (Wildman–Crippen LogP) is 3.32. The topological polar surface area (TPSA) is 74.2 Å². The largest absolute Gasteiger partial charge is 0.383 e. The average molecular weight is 444 g/mol. The zero-order valence-corrected chi connectivity index (χ0v) is 18.1. The van der Waals surface area contributed by atoms with Crippen LogP contribution in [0.1, 0.15) is 30.5 Å². The van der Waals surface area contributed by atoms with E-state index in [4.69, 9.17) is 4.74 Å². The van der Waals surface area contributed by atoms with Gasteiger partial charge in [0.15, 0.2) is 0 Å². The molecular weight excluding hydrogens is 418 g/mol. The van der Waals surface area contributed by atoms with Gasteiger partial charge in [0.2, 0.25) is 0 Å². The van der Waals surface area contributed by atoms with Gasteiger partial charge in [0.25, 0.3) is 5.91 Å². The number of rotatable bonds is 8. The van der Waals surface area contributed by atoms with Crippen LogP contribution in [-0.4, -0.2) is 60.9 Å². The molecule has 0 bridgehead atoms. The van der Waals surface area contributed by atoms with Crippen LogP contribution in [0.15, 0.2) is 53.6 Å². The lowest BCUT2D eigenvalue weighted by molar-refractivity contribution is -0.133. The monoisotopic (exact) mass is 444 g/mol. The Kier molecular flexibility index (Phi) is 7.88. The van der Waals surface area contributed by atoms with E-state index in [1.165, 1.54) is 35.2 Å². The normalized spacial score (nSPS) is 15.4. The fourth-order valence-electron chi connectivity index (χ4n) is 3.50. The molecule has 3 rings (SSSR count). The highest BCUT2D eigenvalue weighted by atomic mass is 19.1. The predicted molar refractivity (Wildman–Crippen MR) is 116 cm³/mol. The molecule has 7 nitrogen and oxygen atoms in total. The number of halogens is 2. The number of amides is 3. The van der Waals surface area contributed by atoms with E-state index >= 15 is 0 Å². The van der Waals surface area contributed by atoms with Crippen molar-refractivity contribution in [1.29, 1.82) is 0 Å². The molecule has 1 atom stereocenters. The minimum Gasteiger partial charge on any atom is -0.383 e. The summed E-state index contributed by atoms with van der Waals surface area (Å²) >= 11 is 0. The van der Waals surface area contributed by atoms with Gasteiger partial charge in [-0.15, -0.1) is 0 Å². The van der Waals surface area contributed by atoms with Crippen LogP contribution in [0, 0.1) is 11.6 Å². The number of benzene rings is 2. The molecule has 0 aliphatic carbocycles. The molecule has 1 aliphatic heterocycles. The molecule has 3 amide bonds. The molecule has 9 heteroatoms. The first-order chi connectivity index (χ1) is 15.4. The SMILES string of the molecule is CCNC(=O)N(CCOC)CC(=O)N1N=C(c2ccc(F)cc2)C[C@H]1c1ccccc1F. The molecule has 32 heavy (non-hydrogen) atoms. The van der Waals surface area contributed by atoms with Gasteiger partial charge in [0.05, 0.1) is 18.4 Å². The Labute approximate surface area is 185 Å². The Balaban J connectivity index is 1.90. The number of nitrogens with one attached hydrogen (secondary N) is 1. The van der Waals surface area contributed by atoms with Crippen LogP contribution < -0.4 is 5.32 Å². The van der Waals surface area contributed by atoms with E-state index in [0.29, 0.717) is 23.4 Å². The van der Waals surface area contributed by atoms with E-state index in [-0.39, 0.29) is 31.9 Å². The average Bonchev–Trinajstić information content (AvgIpc) is 3.22. The van der Waals surface area contributed by atoms with Gasteiger partial charge in [0, 0.05) is 32.2 Å². The van der Waals surface area contributed by atoms with Crippen molar-refractivity contribution in [2.24, 2.45) is 5.10 Å². The highest BCUT2D eigenvalue weighted by molar-refractivity contribution is 6.03. The van der Waals surface area contributed by atoms with Crippen molar-refractivity contribution in [2.75, 3.05) is 33.4 Å². The van der Waals surface area contributed by atoms with E-state index in [0.717, 1.165) is 0 Å². The molecule has 1 N–H and O–H groups in total. The van der Waals surface area contributed by atoms with Crippen LogP contribution in [0.4, 0.5) is 13.6 Å². The van der Waals surface area contributed by atoms with E-state index in [9.17, 15) is 18.4 Å². The summed E-state index contributed by atoms with van der Waals surface area (Å²) in [5.41, 5.74) is 1.50. The number of urea groups is 1. The fourth-order valence-corrected chi connectivity index (χ4v) is 3.50. The van der Waals surface area contributed by atoms with Crippen LogP contribution in [0.2, 0.25) is 0 Å². The van der Waals surface area contributed by atoms with Gasteiger partial charge in [-0.2, -0.15) is 5.10 Å². The second kappa shape index (κ2) is 10.8. The number of methoxy groups -OCH3 is 1. The van der Waals surface area contributed by atoms with E-state index < -0.39 is 23.8 Å². The van der Waals surface area contributed by atoms with E-state index in [1.807, 2.05) is 0 Å². The van der Waals surface area contributed by atoms with Crippen molar-refractivity contribution in [1.82, 2.24) is 15.2 Å². The Bertz CT molecular complexity index is 981. The zero-order valence-electron chi connectivity index (χ0n) is 18.1. The lowest BCUT2D eigenvalue weighted by Crippen LogP contribution is -2.47. The Morgan fingerprint density at radius 1 is 1.19 bits per heavy atom. The Morgan fingerprint density at radius 3 is 2.56 bits per heavy atom. The van der Waals surface area contributed by atoms with E-state index in [2.05, 4.69) is 10.4 Å². The molecule has 0 radical (unpaired) electrons. The molecule has 0 unspecified atom stereocenters. The Hall–Kier alpha value is -3.33. The van der Waals surface area contributed by atoms with Gasteiger partial charge < -0.3 is 15.0 Å². The van der Waals surface area contributed by atoms with Gasteiger partial charge in [0.1, 0.15) is 18.2 Å². The second-order valence-corrected chi connectivity index (χ2v) is 7.28. The van der Waals surface area contributed by atoms with Gasteiger partial charge in [-0.25, -0.2) is 18.6 Å². The van der Waals surface area contributed by atoms with Crippen LogP contribution in [-0.2, 0) is 9.53 Å². The first-order valence-corrected chi connectivity index (χ1v) is 10.4. The third-order valence-corrected chi connectivity index (χ3v) is 5.11. The second-order valence-electron chi connectivity index (χ2n) is 7.28.